The molecule has 3 heteroatoms. The first-order valence-corrected chi connectivity index (χ1v) is 9.74. The molecule has 3 rings (SSSR count). The van der Waals surface area contributed by atoms with Crippen molar-refractivity contribution < 1.29 is 9.47 Å². The molecule has 0 aliphatic heterocycles. The van der Waals surface area contributed by atoms with Crippen molar-refractivity contribution in [3.05, 3.63) is 101 Å². The Balaban J connectivity index is 1.61. The Morgan fingerprint density at radius 2 is 1.39 bits per heavy atom. The Hall–Kier alpha value is -2.62. The second-order valence-electron chi connectivity index (χ2n) is 7.47. The summed E-state index contributed by atoms with van der Waals surface area (Å²) in [5.74, 6) is 0.873. The lowest BCUT2D eigenvalue weighted by Gasteiger charge is -2.26. The van der Waals surface area contributed by atoms with Crippen LogP contribution in [0.2, 0.25) is 0 Å². The number of rotatable bonds is 9. The van der Waals surface area contributed by atoms with E-state index in [1.165, 1.54) is 11.1 Å². The van der Waals surface area contributed by atoms with Gasteiger partial charge in [0.15, 0.2) is 0 Å². The Bertz CT molecular complexity index is 857. The normalized spacial score (nSPS) is 11.4. The second-order valence-corrected chi connectivity index (χ2v) is 7.47. The van der Waals surface area contributed by atoms with Crippen LogP contribution in [0.3, 0.4) is 0 Å². The van der Waals surface area contributed by atoms with Crippen LogP contribution in [0.5, 0.6) is 5.75 Å². The van der Waals surface area contributed by atoms with Crippen molar-refractivity contribution in [1.82, 2.24) is 0 Å². The fourth-order valence-corrected chi connectivity index (χ4v) is 3.24. The first-order valence-electron chi connectivity index (χ1n) is 9.74. The Labute approximate surface area is 168 Å². The van der Waals surface area contributed by atoms with Crippen LogP contribution in [0, 0.1) is 0 Å². The van der Waals surface area contributed by atoms with Gasteiger partial charge in [0.1, 0.15) is 12.4 Å². The zero-order valence-corrected chi connectivity index (χ0v) is 16.7. The highest BCUT2D eigenvalue weighted by Gasteiger charge is 2.22. The van der Waals surface area contributed by atoms with E-state index in [1.54, 1.807) is 0 Å². The van der Waals surface area contributed by atoms with E-state index in [9.17, 15) is 0 Å². The number of hydrogen-bond acceptors (Lipinski definition) is 3. The largest absolute Gasteiger partial charge is 0.489 e. The molecule has 0 unspecified atom stereocenters. The molecular formula is C25H29NO2. The predicted octanol–water partition coefficient (Wildman–Crippen LogP) is 5.07. The molecule has 0 bridgehead atoms. The predicted molar refractivity (Wildman–Crippen MR) is 114 cm³/mol. The van der Waals surface area contributed by atoms with Crippen LogP contribution in [0.15, 0.2) is 78.9 Å². The maximum absolute atomic E-state index is 5.99. The van der Waals surface area contributed by atoms with Gasteiger partial charge >= 0.3 is 0 Å². The molecule has 3 aromatic rings. The van der Waals surface area contributed by atoms with Crippen molar-refractivity contribution in [3.8, 4) is 5.75 Å². The quantitative estimate of drug-likeness (QED) is 0.531. The van der Waals surface area contributed by atoms with E-state index in [0.717, 1.165) is 16.9 Å². The molecule has 0 aliphatic carbocycles. The minimum atomic E-state index is -0.0440. The summed E-state index contributed by atoms with van der Waals surface area (Å²) in [6, 6.07) is 27.3. The topological polar surface area (TPSA) is 44.5 Å². The van der Waals surface area contributed by atoms with Gasteiger partial charge in [-0.1, -0.05) is 80.6 Å². The van der Waals surface area contributed by atoms with Crippen LogP contribution in [0.1, 0.15) is 36.1 Å². The van der Waals surface area contributed by atoms with Gasteiger partial charge in [0, 0.05) is 12.0 Å². The monoisotopic (exact) mass is 375 g/mol. The van der Waals surface area contributed by atoms with Crippen molar-refractivity contribution in [2.24, 2.45) is 5.73 Å². The fraction of sp³-hybridized carbons (Fsp3) is 0.280. The summed E-state index contributed by atoms with van der Waals surface area (Å²) >= 11 is 0. The molecule has 0 heterocycles. The zero-order chi connectivity index (χ0) is 19.8. The molecular weight excluding hydrogens is 346 g/mol. The molecule has 0 aromatic heterocycles. The first kappa shape index (κ1) is 20.1. The number of benzene rings is 3. The van der Waals surface area contributed by atoms with E-state index >= 15 is 0 Å². The molecule has 0 radical (unpaired) electrons. The van der Waals surface area contributed by atoms with Crippen molar-refractivity contribution in [1.29, 1.82) is 0 Å². The van der Waals surface area contributed by atoms with E-state index in [4.69, 9.17) is 15.2 Å². The van der Waals surface area contributed by atoms with Crippen molar-refractivity contribution >= 4 is 0 Å². The highest BCUT2D eigenvalue weighted by Crippen LogP contribution is 2.32. The third-order valence-electron chi connectivity index (χ3n) is 5.00. The summed E-state index contributed by atoms with van der Waals surface area (Å²) < 4.78 is 11.5. The van der Waals surface area contributed by atoms with E-state index in [2.05, 4.69) is 74.5 Å². The molecule has 146 valence electrons. The summed E-state index contributed by atoms with van der Waals surface area (Å²) in [6.07, 6.45) is 0. The average molecular weight is 376 g/mol. The van der Waals surface area contributed by atoms with Crippen molar-refractivity contribution in [2.45, 2.75) is 32.5 Å². The smallest absolute Gasteiger partial charge is 0.119 e. The van der Waals surface area contributed by atoms with Gasteiger partial charge in [-0.25, -0.2) is 0 Å². The minimum absolute atomic E-state index is 0.0440. The van der Waals surface area contributed by atoms with Gasteiger partial charge in [-0.05, 0) is 34.4 Å². The maximum atomic E-state index is 5.99. The molecule has 2 N–H and O–H groups in total. The maximum Gasteiger partial charge on any atom is 0.119 e. The second kappa shape index (κ2) is 9.54. The van der Waals surface area contributed by atoms with Gasteiger partial charge in [0.05, 0.1) is 13.2 Å². The Kier molecular flexibility index (Phi) is 6.85. The summed E-state index contributed by atoms with van der Waals surface area (Å²) in [5.41, 5.74) is 10.2. The molecule has 28 heavy (non-hydrogen) atoms. The lowest BCUT2D eigenvalue weighted by Crippen LogP contribution is -2.18. The van der Waals surface area contributed by atoms with Gasteiger partial charge in [-0.15, -0.1) is 0 Å². The molecule has 0 saturated heterocycles. The van der Waals surface area contributed by atoms with Gasteiger partial charge in [0.2, 0.25) is 0 Å². The fourth-order valence-electron chi connectivity index (χ4n) is 3.24. The number of nitrogens with two attached hydrogens (primary N) is 1. The number of hydrogen-bond donors (Lipinski definition) is 1. The Morgan fingerprint density at radius 1 is 0.750 bits per heavy atom. The highest BCUT2D eigenvalue weighted by molar-refractivity contribution is 5.40. The highest BCUT2D eigenvalue weighted by atomic mass is 16.5. The van der Waals surface area contributed by atoms with Gasteiger partial charge in [-0.2, -0.15) is 0 Å². The van der Waals surface area contributed by atoms with Gasteiger partial charge in [-0.3, -0.25) is 0 Å². The Morgan fingerprint density at radius 3 is 2.07 bits per heavy atom. The third kappa shape index (κ3) is 5.22. The van der Waals surface area contributed by atoms with Gasteiger partial charge in [0.25, 0.3) is 0 Å². The molecule has 3 nitrogen and oxygen atoms in total. The van der Waals surface area contributed by atoms with Crippen LogP contribution in [-0.2, 0) is 23.4 Å². The third-order valence-corrected chi connectivity index (χ3v) is 5.00. The first-order chi connectivity index (χ1) is 13.6. The summed E-state index contributed by atoms with van der Waals surface area (Å²) in [6.45, 7) is 6.72. The molecule has 3 aromatic carbocycles. The van der Waals surface area contributed by atoms with Crippen LogP contribution < -0.4 is 10.5 Å². The van der Waals surface area contributed by atoms with E-state index in [0.29, 0.717) is 26.4 Å². The van der Waals surface area contributed by atoms with E-state index < -0.39 is 0 Å². The molecule has 0 saturated carbocycles. The van der Waals surface area contributed by atoms with Crippen LogP contribution >= 0.6 is 0 Å². The summed E-state index contributed by atoms with van der Waals surface area (Å²) in [4.78, 5) is 0. The van der Waals surface area contributed by atoms with E-state index in [1.807, 2.05) is 18.2 Å². The molecule has 0 aliphatic rings. The summed E-state index contributed by atoms with van der Waals surface area (Å²) in [5, 5.41) is 0. The number of ether oxygens (including phenoxy) is 2. The SMILES string of the molecule is CC(C)(c1ccccc1)c1ccc(OCc2cccc(COCCN)c2)cc1. The van der Waals surface area contributed by atoms with Crippen molar-refractivity contribution in [3.63, 3.8) is 0 Å². The van der Waals surface area contributed by atoms with Crippen LogP contribution in [0.25, 0.3) is 0 Å². The standard InChI is InChI=1S/C25H29NO2/c1-25(2,22-9-4-3-5-10-22)23-11-13-24(14-12-23)28-19-21-8-6-7-20(17-21)18-27-16-15-26/h3-14,17H,15-16,18-19,26H2,1-2H3. The average Bonchev–Trinajstić information content (AvgIpc) is 2.74. The van der Waals surface area contributed by atoms with Crippen LogP contribution in [0.4, 0.5) is 0 Å². The van der Waals surface area contributed by atoms with Gasteiger partial charge < -0.3 is 15.2 Å². The lowest BCUT2D eigenvalue weighted by atomic mass is 9.78. The summed E-state index contributed by atoms with van der Waals surface area (Å²) in [7, 11) is 0. The van der Waals surface area contributed by atoms with Crippen molar-refractivity contribution in [2.75, 3.05) is 13.2 Å². The molecule has 0 spiro atoms. The molecule has 0 atom stereocenters. The molecule has 0 fully saturated rings. The lowest BCUT2D eigenvalue weighted by molar-refractivity contribution is 0.128. The van der Waals surface area contributed by atoms with E-state index in [-0.39, 0.29) is 5.41 Å². The zero-order valence-electron chi connectivity index (χ0n) is 16.7. The molecule has 0 amide bonds. The van der Waals surface area contributed by atoms with Crippen LogP contribution in [-0.4, -0.2) is 13.2 Å². The minimum Gasteiger partial charge on any atom is -0.489 e.